The van der Waals surface area contributed by atoms with Gasteiger partial charge in [0.1, 0.15) is 17.2 Å². The number of nitrogens with one attached hydrogen (secondary N) is 1. The molecule has 4 nitrogen and oxygen atoms in total. The number of aromatic hydroxyl groups is 1. The van der Waals surface area contributed by atoms with Gasteiger partial charge in [-0.2, -0.15) is 0 Å². The van der Waals surface area contributed by atoms with Gasteiger partial charge in [-0.3, -0.25) is 0 Å². The molecule has 94 valence electrons. The van der Waals surface area contributed by atoms with Crippen LogP contribution >= 0.6 is 0 Å². The summed E-state index contributed by atoms with van der Waals surface area (Å²) in [5.41, 5.74) is -0.181. The summed E-state index contributed by atoms with van der Waals surface area (Å²) in [6, 6.07) is 3.90. The summed E-state index contributed by atoms with van der Waals surface area (Å²) < 4.78 is 18.1. The molecule has 1 aliphatic rings. The third-order valence-electron chi connectivity index (χ3n) is 2.81. The Hall–Kier alpha value is -1.17. The zero-order valence-electron chi connectivity index (χ0n) is 9.45. The molecule has 0 radical (unpaired) electrons. The van der Waals surface area contributed by atoms with Crippen molar-refractivity contribution in [3.05, 3.63) is 29.6 Å². The van der Waals surface area contributed by atoms with Crippen LogP contribution in [0.3, 0.4) is 0 Å². The maximum absolute atomic E-state index is 13.0. The topological polar surface area (TPSA) is 61.7 Å². The molecule has 17 heavy (non-hydrogen) atoms. The number of benzene rings is 1. The Morgan fingerprint density at radius 2 is 2.24 bits per heavy atom. The molecule has 1 aliphatic heterocycles. The molecule has 1 heterocycles. The fourth-order valence-electron chi connectivity index (χ4n) is 1.91. The summed E-state index contributed by atoms with van der Waals surface area (Å²) in [4.78, 5) is 0. The molecule has 0 spiro atoms. The minimum Gasteiger partial charge on any atom is -0.508 e. The average molecular weight is 241 g/mol. The lowest BCUT2D eigenvalue weighted by Crippen LogP contribution is -2.40. The Bertz CT molecular complexity index is 371. The summed E-state index contributed by atoms with van der Waals surface area (Å²) in [7, 11) is 0. The molecule has 5 heteroatoms. The van der Waals surface area contributed by atoms with Crippen molar-refractivity contribution in [1.82, 2.24) is 5.32 Å². The van der Waals surface area contributed by atoms with E-state index in [1.54, 1.807) is 0 Å². The molecule has 0 aliphatic carbocycles. The fraction of sp³-hybridized carbons (Fsp3) is 0.500. The van der Waals surface area contributed by atoms with Gasteiger partial charge in [0.25, 0.3) is 0 Å². The van der Waals surface area contributed by atoms with Gasteiger partial charge in [0.2, 0.25) is 0 Å². The highest BCUT2D eigenvalue weighted by Crippen LogP contribution is 2.18. The molecular weight excluding hydrogens is 225 g/mol. The van der Waals surface area contributed by atoms with Gasteiger partial charge in [0.15, 0.2) is 0 Å². The number of phenols is 1. The van der Waals surface area contributed by atoms with E-state index >= 15 is 0 Å². The zero-order valence-corrected chi connectivity index (χ0v) is 9.45. The smallest absolute Gasteiger partial charge is 0.127 e. The number of hydrogen-bond acceptors (Lipinski definition) is 4. The Morgan fingerprint density at radius 1 is 1.41 bits per heavy atom. The largest absolute Gasteiger partial charge is 0.508 e. The average Bonchev–Trinajstić information content (AvgIpc) is 2.64. The number of phenolic OH excluding ortho intramolecular Hbond substituents is 1. The molecule has 1 aromatic carbocycles. The van der Waals surface area contributed by atoms with Crippen LogP contribution < -0.4 is 5.32 Å². The monoisotopic (exact) mass is 241 g/mol. The minimum atomic E-state index is -0.824. The lowest BCUT2D eigenvalue weighted by atomic mass is 10.0. The van der Waals surface area contributed by atoms with Gasteiger partial charge in [-0.25, -0.2) is 4.39 Å². The summed E-state index contributed by atoms with van der Waals surface area (Å²) in [5, 5.41) is 22.2. The van der Waals surface area contributed by atoms with Gasteiger partial charge >= 0.3 is 0 Å². The predicted molar refractivity (Wildman–Crippen MR) is 60.2 cm³/mol. The van der Waals surface area contributed by atoms with Crippen LogP contribution in [-0.2, 0) is 11.3 Å². The van der Waals surface area contributed by atoms with E-state index in [-0.39, 0.29) is 5.75 Å². The van der Waals surface area contributed by atoms with Gasteiger partial charge in [0.05, 0.1) is 6.61 Å². The number of halogens is 1. The van der Waals surface area contributed by atoms with Gasteiger partial charge in [-0.1, -0.05) is 0 Å². The summed E-state index contributed by atoms with van der Waals surface area (Å²) in [6.45, 7) is 1.69. The third-order valence-corrected chi connectivity index (χ3v) is 2.81. The molecule has 1 fully saturated rings. The molecule has 0 aromatic heterocycles. The second-order valence-corrected chi connectivity index (χ2v) is 4.45. The number of ether oxygens (including phenoxy) is 1. The van der Waals surface area contributed by atoms with E-state index in [2.05, 4.69) is 5.32 Å². The maximum Gasteiger partial charge on any atom is 0.127 e. The Labute approximate surface area is 99.0 Å². The molecule has 1 saturated heterocycles. The van der Waals surface area contributed by atoms with Crippen LogP contribution in [0, 0.1) is 5.82 Å². The van der Waals surface area contributed by atoms with Crippen molar-refractivity contribution < 1.29 is 19.3 Å². The standard InChI is InChI=1S/C12H16FNO3/c13-10-3-9(4-11(15)5-10)6-14-7-12(16)1-2-17-8-12/h3-5,14-16H,1-2,6-8H2. The van der Waals surface area contributed by atoms with Crippen molar-refractivity contribution in [2.24, 2.45) is 0 Å². The van der Waals surface area contributed by atoms with E-state index in [9.17, 15) is 14.6 Å². The Balaban J connectivity index is 1.85. The zero-order chi connectivity index (χ0) is 12.3. The Kier molecular flexibility index (Phi) is 3.61. The van der Waals surface area contributed by atoms with Crippen LogP contribution in [0.4, 0.5) is 4.39 Å². The van der Waals surface area contributed by atoms with Crippen LogP contribution in [0.5, 0.6) is 5.75 Å². The second-order valence-electron chi connectivity index (χ2n) is 4.45. The van der Waals surface area contributed by atoms with Crippen LogP contribution in [0.25, 0.3) is 0 Å². The van der Waals surface area contributed by atoms with Crippen molar-refractivity contribution in [2.75, 3.05) is 19.8 Å². The first-order chi connectivity index (χ1) is 8.07. The lowest BCUT2D eigenvalue weighted by molar-refractivity contribution is 0.0268. The number of aliphatic hydroxyl groups is 1. The molecule has 1 unspecified atom stereocenters. The van der Waals surface area contributed by atoms with Gasteiger partial charge < -0.3 is 20.3 Å². The summed E-state index contributed by atoms with van der Waals surface area (Å²) in [6.07, 6.45) is 0.606. The van der Waals surface area contributed by atoms with Crippen LogP contribution in [0.1, 0.15) is 12.0 Å². The normalized spacial score (nSPS) is 24.1. The first-order valence-electron chi connectivity index (χ1n) is 5.57. The molecule has 1 aromatic rings. The van der Waals surface area contributed by atoms with Crippen LogP contribution in [-0.4, -0.2) is 35.6 Å². The molecule has 3 N–H and O–H groups in total. The first kappa shape index (κ1) is 12.3. The van der Waals surface area contributed by atoms with Gasteiger partial charge in [-0.05, 0) is 17.7 Å². The predicted octanol–water partition coefficient (Wildman–Crippen LogP) is 0.772. The summed E-state index contributed by atoms with van der Waals surface area (Å²) in [5.74, 6) is -0.561. The highest BCUT2D eigenvalue weighted by atomic mass is 19.1. The van der Waals surface area contributed by atoms with Crippen molar-refractivity contribution in [3.63, 3.8) is 0 Å². The molecule has 1 atom stereocenters. The summed E-state index contributed by atoms with van der Waals surface area (Å²) >= 11 is 0. The van der Waals surface area contributed by atoms with E-state index in [0.717, 1.165) is 6.07 Å². The number of rotatable bonds is 4. The SMILES string of the molecule is Oc1cc(F)cc(CNCC2(O)CCOC2)c1. The van der Waals surface area contributed by atoms with E-state index in [0.29, 0.717) is 38.3 Å². The molecule has 0 amide bonds. The van der Waals surface area contributed by atoms with Crippen molar-refractivity contribution in [1.29, 1.82) is 0 Å². The van der Waals surface area contributed by atoms with Gasteiger partial charge in [-0.15, -0.1) is 0 Å². The second kappa shape index (κ2) is 5.00. The number of hydrogen-bond donors (Lipinski definition) is 3. The van der Waals surface area contributed by atoms with Gasteiger partial charge in [0, 0.05) is 32.2 Å². The van der Waals surface area contributed by atoms with Crippen LogP contribution in [0.2, 0.25) is 0 Å². The minimum absolute atomic E-state index is 0.0929. The first-order valence-corrected chi connectivity index (χ1v) is 5.57. The van der Waals surface area contributed by atoms with E-state index in [4.69, 9.17) is 4.74 Å². The van der Waals surface area contributed by atoms with E-state index in [1.165, 1.54) is 12.1 Å². The quantitative estimate of drug-likeness (QED) is 0.728. The van der Waals surface area contributed by atoms with Crippen molar-refractivity contribution in [3.8, 4) is 5.75 Å². The lowest BCUT2D eigenvalue weighted by Gasteiger charge is -2.20. The van der Waals surface area contributed by atoms with E-state index < -0.39 is 11.4 Å². The van der Waals surface area contributed by atoms with Crippen LogP contribution in [0.15, 0.2) is 18.2 Å². The fourth-order valence-corrected chi connectivity index (χ4v) is 1.91. The highest BCUT2D eigenvalue weighted by Gasteiger charge is 2.31. The highest BCUT2D eigenvalue weighted by molar-refractivity contribution is 5.28. The molecule has 2 rings (SSSR count). The van der Waals surface area contributed by atoms with Crippen molar-refractivity contribution >= 4 is 0 Å². The van der Waals surface area contributed by atoms with E-state index in [1.807, 2.05) is 0 Å². The van der Waals surface area contributed by atoms with Crippen molar-refractivity contribution in [2.45, 2.75) is 18.6 Å². The molecular formula is C12H16FNO3. The Morgan fingerprint density at radius 3 is 2.88 bits per heavy atom. The maximum atomic E-state index is 13.0. The molecule has 0 bridgehead atoms. The third kappa shape index (κ3) is 3.39. The molecule has 0 saturated carbocycles.